The van der Waals surface area contributed by atoms with Crippen LogP contribution in [0.1, 0.15) is 49.8 Å². The third-order valence-electron chi connectivity index (χ3n) is 3.96. The number of hydrogen-bond donors (Lipinski definition) is 2. The Morgan fingerprint density at radius 3 is 2.58 bits per heavy atom. The molecule has 1 fully saturated rings. The Kier molecular flexibility index (Phi) is 5.86. The summed E-state index contributed by atoms with van der Waals surface area (Å²) in [7, 11) is 0. The van der Waals surface area contributed by atoms with E-state index in [0.29, 0.717) is 6.54 Å². The molecule has 1 unspecified atom stereocenters. The highest BCUT2D eigenvalue weighted by atomic mass is 32.1. The minimum absolute atomic E-state index is 0.290. The van der Waals surface area contributed by atoms with Gasteiger partial charge in [0, 0.05) is 11.4 Å². The van der Waals surface area contributed by atoms with Gasteiger partial charge >= 0.3 is 5.97 Å². The van der Waals surface area contributed by atoms with Gasteiger partial charge in [0.1, 0.15) is 6.04 Å². The molecule has 0 amide bonds. The lowest BCUT2D eigenvalue weighted by atomic mass is 9.86. The second kappa shape index (κ2) is 7.65. The summed E-state index contributed by atoms with van der Waals surface area (Å²) < 4.78 is 0. The standard InChI is InChI=1S/C15H23NO2S/c17-15(18)14(16-11-13-9-6-10-19-13)12-7-4-2-1-3-5-8-12/h6,9-10,12,14,16H,1-5,7-8,11H2,(H,17,18). The first-order valence-corrected chi connectivity index (χ1v) is 8.14. The van der Waals surface area contributed by atoms with Crippen molar-refractivity contribution in [3.05, 3.63) is 22.4 Å². The average Bonchev–Trinajstić information content (AvgIpc) is 2.84. The van der Waals surface area contributed by atoms with E-state index in [-0.39, 0.29) is 12.0 Å². The number of hydrogen-bond acceptors (Lipinski definition) is 3. The van der Waals surface area contributed by atoms with Crippen LogP contribution in [0.15, 0.2) is 17.5 Å². The third-order valence-corrected chi connectivity index (χ3v) is 4.84. The molecule has 1 aliphatic rings. The van der Waals surface area contributed by atoms with Crippen molar-refractivity contribution in [2.24, 2.45) is 5.92 Å². The number of carboxylic acids is 1. The van der Waals surface area contributed by atoms with Gasteiger partial charge < -0.3 is 5.11 Å². The molecule has 1 heterocycles. The van der Waals surface area contributed by atoms with Crippen molar-refractivity contribution in [3.8, 4) is 0 Å². The molecule has 3 nitrogen and oxygen atoms in total. The molecule has 2 rings (SSSR count). The van der Waals surface area contributed by atoms with Gasteiger partial charge in [0.15, 0.2) is 0 Å². The number of carbonyl (C=O) groups is 1. The summed E-state index contributed by atoms with van der Waals surface area (Å²) in [5, 5.41) is 14.7. The molecule has 4 heteroatoms. The largest absolute Gasteiger partial charge is 0.480 e. The predicted molar refractivity (Wildman–Crippen MR) is 78.4 cm³/mol. The molecule has 0 aromatic carbocycles. The van der Waals surface area contributed by atoms with Crippen LogP contribution in [0.5, 0.6) is 0 Å². The molecule has 1 aromatic heterocycles. The first kappa shape index (κ1) is 14.5. The Morgan fingerprint density at radius 1 is 1.32 bits per heavy atom. The summed E-state index contributed by atoms with van der Waals surface area (Å²) in [4.78, 5) is 12.7. The van der Waals surface area contributed by atoms with E-state index in [2.05, 4.69) is 11.4 Å². The van der Waals surface area contributed by atoms with E-state index in [1.165, 1.54) is 37.0 Å². The highest BCUT2D eigenvalue weighted by Gasteiger charge is 2.27. The maximum atomic E-state index is 11.5. The second-order valence-corrected chi connectivity index (χ2v) is 6.41. The lowest BCUT2D eigenvalue weighted by Crippen LogP contribution is -2.42. The van der Waals surface area contributed by atoms with Gasteiger partial charge in [-0.2, -0.15) is 0 Å². The zero-order valence-electron chi connectivity index (χ0n) is 11.3. The van der Waals surface area contributed by atoms with E-state index in [1.54, 1.807) is 11.3 Å². The average molecular weight is 281 g/mol. The lowest BCUT2D eigenvalue weighted by Gasteiger charge is -2.26. The predicted octanol–water partition coefficient (Wildman–Crippen LogP) is 3.65. The number of aliphatic carboxylic acids is 1. The molecule has 0 radical (unpaired) electrons. The Bertz CT molecular complexity index is 370. The van der Waals surface area contributed by atoms with Gasteiger partial charge in [-0.05, 0) is 30.2 Å². The molecular weight excluding hydrogens is 258 g/mol. The van der Waals surface area contributed by atoms with Crippen LogP contribution in [0.2, 0.25) is 0 Å². The minimum Gasteiger partial charge on any atom is -0.480 e. The summed E-state index contributed by atoms with van der Waals surface area (Å²) in [6, 6.07) is 3.67. The molecule has 0 spiro atoms. The summed E-state index contributed by atoms with van der Waals surface area (Å²) in [6.45, 7) is 0.672. The van der Waals surface area contributed by atoms with Gasteiger partial charge in [-0.3, -0.25) is 10.1 Å². The van der Waals surface area contributed by atoms with Crippen LogP contribution in [-0.4, -0.2) is 17.1 Å². The van der Waals surface area contributed by atoms with Crippen molar-refractivity contribution in [3.63, 3.8) is 0 Å². The van der Waals surface area contributed by atoms with Crippen molar-refractivity contribution in [1.82, 2.24) is 5.32 Å². The number of rotatable bonds is 5. The summed E-state index contributed by atoms with van der Waals surface area (Å²) in [6.07, 6.45) is 8.28. The van der Waals surface area contributed by atoms with Gasteiger partial charge in [0.05, 0.1) is 0 Å². The van der Waals surface area contributed by atoms with Gasteiger partial charge in [-0.1, -0.05) is 38.2 Å². The number of carboxylic acid groups (broad SMARTS) is 1. The highest BCUT2D eigenvalue weighted by Crippen LogP contribution is 2.25. The van der Waals surface area contributed by atoms with Crippen LogP contribution in [0.25, 0.3) is 0 Å². The Labute approximate surface area is 119 Å². The normalized spacial score (nSPS) is 19.6. The maximum Gasteiger partial charge on any atom is 0.320 e. The van der Waals surface area contributed by atoms with E-state index in [4.69, 9.17) is 0 Å². The van der Waals surface area contributed by atoms with Crippen molar-refractivity contribution in [2.75, 3.05) is 0 Å². The second-order valence-electron chi connectivity index (χ2n) is 5.38. The molecule has 19 heavy (non-hydrogen) atoms. The first-order valence-electron chi connectivity index (χ1n) is 7.26. The summed E-state index contributed by atoms with van der Waals surface area (Å²) in [5.74, 6) is -0.403. The van der Waals surface area contributed by atoms with Crippen LogP contribution in [-0.2, 0) is 11.3 Å². The van der Waals surface area contributed by atoms with Crippen LogP contribution in [0.3, 0.4) is 0 Å². The van der Waals surface area contributed by atoms with Crippen molar-refractivity contribution >= 4 is 17.3 Å². The van der Waals surface area contributed by atoms with Gasteiger partial charge in [-0.25, -0.2) is 0 Å². The summed E-state index contributed by atoms with van der Waals surface area (Å²) >= 11 is 1.68. The van der Waals surface area contributed by atoms with Crippen molar-refractivity contribution in [2.45, 2.75) is 57.5 Å². The SMILES string of the molecule is O=C(O)C(NCc1cccs1)C1CCCCCCC1. The first-order chi connectivity index (χ1) is 9.27. The van der Waals surface area contributed by atoms with Crippen LogP contribution >= 0.6 is 11.3 Å². The molecule has 1 aromatic rings. The minimum atomic E-state index is -0.692. The monoisotopic (exact) mass is 281 g/mol. The molecule has 106 valence electrons. The smallest absolute Gasteiger partial charge is 0.320 e. The molecular formula is C15H23NO2S. The van der Waals surface area contributed by atoms with Crippen LogP contribution in [0.4, 0.5) is 0 Å². The lowest BCUT2D eigenvalue weighted by molar-refractivity contribution is -0.141. The number of nitrogens with one attached hydrogen (secondary N) is 1. The van der Waals surface area contributed by atoms with Crippen molar-refractivity contribution < 1.29 is 9.90 Å². The Morgan fingerprint density at radius 2 is 2.00 bits per heavy atom. The number of thiophene rings is 1. The third kappa shape index (κ3) is 4.62. The van der Waals surface area contributed by atoms with E-state index in [0.717, 1.165) is 12.8 Å². The molecule has 0 aliphatic heterocycles. The van der Waals surface area contributed by atoms with Crippen molar-refractivity contribution in [1.29, 1.82) is 0 Å². The van der Waals surface area contributed by atoms with E-state index >= 15 is 0 Å². The highest BCUT2D eigenvalue weighted by molar-refractivity contribution is 7.09. The molecule has 1 saturated carbocycles. The van der Waals surface area contributed by atoms with Crippen LogP contribution in [0, 0.1) is 5.92 Å². The fraction of sp³-hybridized carbons (Fsp3) is 0.667. The van der Waals surface area contributed by atoms with E-state index in [9.17, 15) is 9.90 Å². The molecule has 1 aliphatic carbocycles. The quantitative estimate of drug-likeness (QED) is 0.866. The Hall–Kier alpha value is -0.870. The van der Waals surface area contributed by atoms with Gasteiger partial charge in [0.25, 0.3) is 0 Å². The van der Waals surface area contributed by atoms with E-state index < -0.39 is 5.97 Å². The topological polar surface area (TPSA) is 49.3 Å². The van der Waals surface area contributed by atoms with Crippen LogP contribution < -0.4 is 5.32 Å². The summed E-state index contributed by atoms with van der Waals surface area (Å²) in [5.41, 5.74) is 0. The van der Waals surface area contributed by atoms with Gasteiger partial charge in [0.2, 0.25) is 0 Å². The molecule has 2 N–H and O–H groups in total. The molecule has 1 atom stereocenters. The Balaban J connectivity index is 1.91. The maximum absolute atomic E-state index is 11.5. The molecule has 0 saturated heterocycles. The fourth-order valence-electron chi connectivity index (χ4n) is 2.90. The zero-order chi connectivity index (χ0) is 13.5. The molecule has 0 bridgehead atoms. The zero-order valence-corrected chi connectivity index (χ0v) is 12.1. The van der Waals surface area contributed by atoms with Gasteiger partial charge in [-0.15, -0.1) is 11.3 Å². The van der Waals surface area contributed by atoms with E-state index in [1.807, 2.05) is 11.4 Å². The fourth-order valence-corrected chi connectivity index (χ4v) is 3.56.